The fraction of sp³-hybridized carbons (Fsp3) is 0.152. The van der Waals surface area contributed by atoms with Gasteiger partial charge < -0.3 is 9.80 Å². The van der Waals surface area contributed by atoms with E-state index < -0.39 is 33.9 Å². The van der Waals surface area contributed by atoms with E-state index in [4.69, 9.17) is 0 Å². The van der Waals surface area contributed by atoms with E-state index in [1.165, 1.54) is 23.1 Å². The molecule has 6 nitrogen and oxygen atoms in total. The van der Waals surface area contributed by atoms with Gasteiger partial charge in [0.15, 0.2) is 5.41 Å². The van der Waals surface area contributed by atoms with Gasteiger partial charge in [0.05, 0.1) is 25.2 Å². The van der Waals surface area contributed by atoms with Crippen LogP contribution in [0.1, 0.15) is 22.3 Å². The van der Waals surface area contributed by atoms with Crippen LogP contribution in [-0.4, -0.2) is 11.8 Å². The summed E-state index contributed by atoms with van der Waals surface area (Å²) < 4.78 is 14.9. The second kappa shape index (κ2) is 8.11. The topological polar surface area (TPSA) is 88.2 Å². The van der Waals surface area contributed by atoms with Crippen molar-refractivity contribution in [3.05, 3.63) is 131 Å². The van der Waals surface area contributed by atoms with Gasteiger partial charge in [0.1, 0.15) is 16.6 Å². The Bertz CT molecular complexity index is 1800. The molecule has 7 heteroatoms. The average molecular weight is 525 g/mol. The van der Waals surface area contributed by atoms with Crippen molar-refractivity contribution >= 4 is 23.2 Å². The fourth-order valence-electron chi connectivity index (χ4n) is 7.14. The van der Waals surface area contributed by atoms with Crippen molar-refractivity contribution in [2.24, 2.45) is 5.41 Å². The van der Waals surface area contributed by atoms with E-state index in [0.717, 1.165) is 11.1 Å². The molecule has 4 aromatic rings. The first-order valence-electron chi connectivity index (χ1n) is 12.9. The molecular formula is C33H21FN4O2. The van der Waals surface area contributed by atoms with E-state index in [-0.39, 0.29) is 18.7 Å². The number of halogens is 1. The van der Waals surface area contributed by atoms with E-state index in [1.54, 1.807) is 29.2 Å². The minimum absolute atomic E-state index is 0.145. The molecule has 0 aromatic heterocycles. The molecule has 7 rings (SSSR count). The Morgan fingerprint density at radius 1 is 0.625 bits per heavy atom. The van der Waals surface area contributed by atoms with Gasteiger partial charge in [-0.3, -0.25) is 9.59 Å². The lowest BCUT2D eigenvalue weighted by molar-refractivity contribution is -0.125. The Morgan fingerprint density at radius 3 is 1.65 bits per heavy atom. The average Bonchev–Trinajstić information content (AvgIpc) is 3.37. The smallest absolute Gasteiger partial charge is 0.242 e. The highest BCUT2D eigenvalue weighted by Crippen LogP contribution is 2.84. The van der Waals surface area contributed by atoms with Crippen LogP contribution >= 0.6 is 0 Å². The third-order valence-corrected chi connectivity index (χ3v) is 8.71. The lowest BCUT2D eigenvalue weighted by Crippen LogP contribution is -2.41. The highest BCUT2D eigenvalue weighted by Gasteiger charge is 3.00. The normalized spacial score (nSPS) is 23.2. The molecule has 0 N–H and O–H groups in total. The number of hydrogen-bond acceptors (Lipinski definition) is 4. The maximum absolute atomic E-state index is 14.9. The minimum Gasteiger partial charge on any atom is -0.307 e. The van der Waals surface area contributed by atoms with Crippen molar-refractivity contribution in [1.82, 2.24) is 0 Å². The molecule has 0 radical (unpaired) electrons. The van der Waals surface area contributed by atoms with Crippen LogP contribution in [0.5, 0.6) is 0 Å². The number of rotatable bonds is 4. The number of nitriles is 2. The first-order valence-corrected chi connectivity index (χ1v) is 12.9. The summed E-state index contributed by atoms with van der Waals surface area (Å²) in [6.45, 7) is 0.339. The van der Waals surface area contributed by atoms with E-state index in [0.29, 0.717) is 16.9 Å². The zero-order valence-electron chi connectivity index (χ0n) is 21.2. The molecule has 1 aliphatic carbocycles. The number of hydrogen-bond donors (Lipinski definition) is 0. The molecule has 2 amide bonds. The molecule has 192 valence electrons. The zero-order chi connectivity index (χ0) is 27.7. The maximum atomic E-state index is 14.9. The third-order valence-electron chi connectivity index (χ3n) is 8.71. The Balaban J connectivity index is 1.48. The van der Waals surface area contributed by atoms with Crippen LogP contribution in [0.25, 0.3) is 0 Å². The van der Waals surface area contributed by atoms with E-state index >= 15 is 0 Å². The summed E-state index contributed by atoms with van der Waals surface area (Å²) in [6, 6.07) is 33.9. The minimum atomic E-state index is -2.08. The fourth-order valence-corrected chi connectivity index (χ4v) is 7.14. The van der Waals surface area contributed by atoms with Gasteiger partial charge in [0.25, 0.3) is 0 Å². The summed E-state index contributed by atoms with van der Waals surface area (Å²) in [6.07, 6.45) is 0. The van der Waals surface area contributed by atoms with Crippen LogP contribution in [0.2, 0.25) is 0 Å². The molecule has 3 aliphatic rings. The Morgan fingerprint density at radius 2 is 1.10 bits per heavy atom. The maximum Gasteiger partial charge on any atom is 0.242 e. The summed E-state index contributed by atoms with van der Waals surface area (Å²) in [4.78, 5) is 32.5. The molecule has 4 aromatic carbocycles. The van der Waals surface area contributed by atoms with Gasteiger partial charge in [-0.1, -0.05) is 78.9 Å². The SMILES string of the molecule is N#CC1(C#N)[C@@]2(C(=O)N(Cc3ccccc3)c3ccccc32)[C@]12C(=O)N(Cc1ccccc1)c1ccc(F)cc12. The number of carbonyl (C=O) groups is 2. The van der Waals surface area contributed by atoms with Crippen molar-refractivity contribution in [3.8, 4) is 12.1 Å². The first kappa shape index (κ1) is 23.8. The molecule has 2 atom stereocenters. The van der Waals surface area contributed by atoms with Crippen molar-refractivity contribution in [1.29, 1.82) is 10.5 Å². The van der Waals surface area contributed by atoms with E-state index in [2.05, 4.69) is 12.1 Å². The predicted molar refractivity (Wildman–Crippen MR) is 145 cm³/mol. The predicted octanol–water partition coefficient (Wildman–Crippen LogP) is 5.14. The van der Waals surface area contributed by atoms with Crippen LogP contribution in [0.3, 0.4) is 0 Å². The van der Waals surface area contributed by atoms with Gasteiger partial charge in [-0.25, -0.2) is 4.39 Å². The molecule has 1 saturated carbocycles. The van der Waals surface area contributed by atoms with Crippen molar-refractivity contribution < 1.29 is 14.0 Å². The Labute approximate surface area is 230 Å². The second-order valence-electron chi connectivity index (χ2n) is 10.4. The van der Waals surface area contributed by atoms with Gasteiger partial charge in [-0.2, -0.15) is 10.5 Å². The van der Waals surface area contributed by atoms with Crippen LogP contribution in [0.15, 0.2) is 103 Å². The quantitative estimate of drug-likeness (QED) is 0.370. The van der Waals surface area contributed by atoms with Crippen molar-refractivity contribution in [2.75, 3.05) is 9.80 Å². The second-order valence-corrected chi connectivity index (χ2v) is 10.4. The summed E-state index contributed by atoms with van der Waals surface area (Å²) in [5, 5.41) is 21.4. The number of para-hydroxylation sites is 1. The highest BCUT2D eigenvalue weighted by molar-refractivity contribution is 6.26. The standard InChI is InChI=1S/C33H21FN4O2/c34-24-15-16-28-26(17-24)33(30(40)38(28)19-23-11-5-2-6-12-23)31(20-35,21-36)32(33)25-13-7-8-14-27(25)37(29(32)39)18-22-9-3-1-4-10-22/h1-17H,18-19H2/t32-,33-/m1/s1. The largest absolute Gasteiger partial charge is 0.307 e. The van der Waals surface area contributed by atoms with Gasteiger partial charge in [-0.15, -0.1) is 0 Å². The third kappa shape index (κ3) is 2.55. The van der Waals surface area contributed by atoms with Gasteiger partial charge in [0.2, 0.25) is 11.8 Å². The summed E-state index contributed by atoms with van der Waals surface area (Å²) in [5.74, 6) is -1.67. The van der Waals surface area contributed by atoms with Gasteiger partial charge in [0, 0.05) is 11.4 Å². The molecule has 2 heterocycles. The number of amides is 2. The zero-order valence-corrected chi connectivity index (χ0v) is 21.2. The van der Waals surface area contributed by atoms with Gasteiger partial charge in [-0.05, 0) is 46.5 Å². The lowest BCUT2D eigenvalue weighted by atomic mass is 9.83. The molecule has 2 aliphatic heterocycles. The molecule has 40 heavy (non-hydrogen) atoms. The number of carbonyl (C=O) groups excluding carboxylic acids is 2. The molecular weight excluding hydrogens is 503 g/mol. The summed E-state index contributed by atoms with van der Waals surface area (Å²) >= 11 is 0. The van der Waals surface area contributed by atoms with E-state index in [1.807, 2.05) is 60.7 Å². The summed E-state index contributed by atoms with van der Waals surface area (Å²) in [5.41, 5.74) is -2.58. The van der Waals surface area contributed by atoms with Crippen LogP contribution in [0.4, 0.5) is 15.8 Å². The number of nitrogens with zero attached hydrogens (tertiary/aromatic N) is 4. The Kier molecular flexibility index (Phi) is 4.83. The molecule has 0 unspecified atom stereocenters. The van der Waals surface area contributed by atoms with Gasteiger partial charge >= 0.3 is 0 Å². The molecule has 2 spiro atoms. The van der Waals surface area contributed by atoms with Crippen molar-refractivity contribution in [3.63, 3.8) is 0 Å². The lowest BCUT2D eigenvalue weighted by Gasteiger charge is -2.20. The monoisotopic (exact) mass is 524 g/mol. The molecule has 0 saturated heterocycles. The molecule has 0 bridgehead atoms. The van der Waals surface area contributed by atoms with Crippen LogP contribution < -0.4 is 9.80 Å². The number of anilines is 2. The first-order chi connectivity index (χ1) is 19.5. The highest BCUT2D eigenvalue weighted by atomic mass is 19.1. The number of fused-ring (bicyclic) bond motifs is 5. The van der Waals surface area contributed by atoms with E-state index in [9.17, 15) is 24.5 Å². The van der Waals surface area contributed by atoms with Crippen molar-refractivity contribution in [2.45, 2.75) is 23.9 Å². The molecule has 1 fully saturated rings. The summed E-state index contributed by atoms with van der Waals surface area (Å²) in [7, 11) is 0. The number of benzene rings is 4. The Hall–Kier alpha value is -5.27. The van der Waals surface area contributed by atoms with Crippen LogP contribution in [0, 0.1) is 33.9 Å². The van der Waals surface area contributed by atoms with Crippen LogP contribution in [-0.2, 0) is 33.5 Å².